The molecular formula is C13H15F3O3S. The average Bonchev–Trinajstić information content (AvgIpc) is 2.28. The molecule has 0 aliphatic rings. The Labute approximate surface area is 119 Å². The summed E-state index contributed by atoms with van der Waals surface area (Å²) in [5, 5.41) is 8.49. The van der Waals surface area contributed by atoms with Crippen molar-refractivity contribution in [3.8, 4) is 5.75 Å². The van der Waals surface area contributed by atoms with Crippen LogP contribution in [-0.4, -0.2) is 22.7 Å². The highest BCUT2D eigenvalue weighted by Gasteiger charge is 2.31. The quantitative estimate of drug-likeness (QED) is 0.865. The highest BCUT2D eigenvalue weighted by atomic mass is 32.2. The molecule has 1 N–H and O–H groups in total. The monoisotopic (exact) mass is 308 g/mol. The third-order valence-electron chi connectivity index (χ3n) is 2.44. The van der Waals surface area contributed by atoms with Crippen LogP contribution in [0.15, 0.2) is 24.3 Å². The van der Waals surface area contributed by atoms with Crippen LogP contribution < -0.4 is 4.74 Å². The summed E-state index contributed by atoms with van der Waals surface area (Å²) in [7, 11) is 0. The zero-order valence-corrected chi connectivity index (χ0v) is 11.8. The molecule has 3 nitrogen and oxygen atoms in total. The topological polar surface area (TPSA) is 46.5 Å². The Morgan fingerprint density at radius 1 is 1.30 bits per heavy atom. The van der Waals surface area contributed by atoms with Crippen molar-refractivity contribution in [1.82, 2.24) is 0 Å². The molecule has 0 saturated heterocycles. The number of halogens is 3. The van der Waals surface area contributed by atoms with Gasteiger partial charge in [0.2, 0.25) is 0 Å². The van der Waals surface area contributed by atoms with Crippen LogP contribution in [0.25, 0.3) is 0 Å². The fraction of sp³-hybridized carbons (Fsp3) is 0.462. The first-order chi connectivity index (χ1) is 9.19. The van der Waals surface area contributed by atoms with Crippen LogP contribution in [-0.2, 0) is 10.5 Å². The first-order valence-electron chi connectivity index (χ1n) is 5.88. The summed E-state index contributed by atoms with van der Waals surface area (Å²) in [5.41, 5.74) is 0.747. The van der Waals surface area contributed by atoms with Gasteiger partial charge in [-0.1, -0.05) is 26.0 Å². The Morgan fingerprint density at radius 2 is 1.85 bits per heavy atom. The van der Waals surface area contributed by atoms with Gasteiger partial charge in [0.15, 0.2) is 0 Å². The second kappa shape index (κ2) is 6.88. The van der Waals surface area contributed by atoms with E-state index in [2.05, 4.69) is 4.74 Å². The number of carboxylic acids is 1. The zero-order chi connectivity index (χ0) is 15.3. The molecular weight excluding hydrogens is 293 g/mol. The van der Waals surface area contributed by atoms with Crippen LogP contribution in [0.1, 0.15) is 19.4 Å². The fourth-order valence-corrected chi connectivity index (χ4v) is 2.61. The second-order valence-electron chi connectivity index (χ2n) is 4.51. The summed E-state index contributed by atoms with van der Waals surface area (Å²) in [6.07, 6.45) is -4.71. The SMILES string of the molecule is CC(C)C(SCc1ccc(OC(F)(F)F)cc1)C(=O)O. The van der Waals surface area contributed by atoms with Crippen molar-refractivity contribution in [2.45, 2.75) is 31.2 Å². The van der Waals surface area contributed by atoms with Gasteiger partial charge in [-0.25, -0.2) is 0 Å². The Hall–Kier alpha value is -1.37. The fourth-order valence-electron chi connectivity index (χ4n) is 1.52. The number of thioether (sulfide) groups is 1. The van der Waals surface area contributed by atoms with Crippen molar-refractivity contribution < 1.29 is 27.8 Å². The van der Waals surface area contributed by atoms with Crippen molar-refractivity contribution in [2.75, 3.05) is 0 Å². The number of alkyl halides is 3. The molecule has 1 aromatic rings. The van der Waals surface area contributed by atoms with E-state index < -0.39 is 17.6 Å². The molecule has 0 bridgehead atoms. The molecule has 0 spiro atoms. The van der Waals surface area contributed by atoms with Crippen molar-refractivity contribution in [3.05, 3.63) is 29.8 Å². The first kappa shape index (κ1) is 16.7. The van der Waals surface area contributed by atoms with Crippen LogP contribution in [0.5, 0.6) is 5.75 Å². The molecule has 1 atom stereocenters. The van der Waals surface area contributed by atoms with E-state index in [0.717, 1.165) is 5.56 Å². The second-order valence-corrected chi connectivity index (χ2v) is 5.64. The zero-order valence-electron chi connectivity index (χ0n) is 11.0. The predicted molar refractivity (Wildman–Crippen MR) is 70.7 cm³/mol. The van der Waals surface area contributed by atoms with Crippen LogP contribution in [0.2, 0.25) is 0 Å². The molecule has 1 aromatic carbocycles. The number of benzene rings is 1. The lowest BCUT2D eigenvalue weighted by Gasteiger charge is -2.15. The summed E-state index contributed by atoms with van der Waals surface area (Å²) >= 11 is 1.25. The summed E-state index contributed by atoms with van der Waals surface area (Å²) in [6, 6.07) is 5.42. The van der Waals surface area contributed by atoms with Gasteiger partial charge in [-0.3, -0.25) is 4.79 Å². The lowest BCUT2D eigenvalue weighted by molar-refractivity contribution is -0.274. The minimum absolute atomic E-state index is 0.0228. The molecule has 0 radical (unpaired) electrons. The number of aliphatic carboxylic acids is 1. The molecule has 0 saturated carbocycles. The third kappa shape index (κ3) is 5.73. The van der Waals surface area contributed by atoms with Gasteiger partial charge in [0, 0.05) is 5.75 Å². The minimum Gasteiger partial charge on any atom is -0.480 e. The molecule has 0 fully saturated rings. The Kier molecular flexibility index (Phi) is 5.74. The van der Waals surface area contributed by atoms with Crippen molar-refractivity contribution in [2.24, 2.45) is 5.92 Å². The Balaban J connectivity index is 2.59. The molecule has 0 aromatic heterocycles. The molecule has 1 rings (SSSR count). The van der Waals surface area contributed by atoms with Gasteiger partial charge in [0.25, 0.3) is 0 Å². The van der Waals surface area contributed by atoms with E-state index in [1.165, 1.54) is 36.0 Å². The van der Waals surface area contributed by atoms with Crippen LogP contribution in [0.3, 0.4) is 0 Å². The number of hydrogen-bond donors (Lipinski definition) is 1. The Bertz CT molecular complexity index is 443. The summed E-state index contributed by atoms with van der Waals surface area (Å²) < 4.78 is 39.7. The summed E-state index contributed by atoms with van der Waals surface area (Å²) in [5.74, 6) is -0.779. The average molecular weight is 308 g/mol. The number of ether oxygens (including phenoxy) is 1. The molecule has 0 aliphatic carbocycles. The van der Waals surface area contributed by atoms with Crippen molar-refractivity contribution >= 4 is 17.7 Å². The van der Waals surface area contributed by atoms with E-state index in [1.54, 1.807) is 0 Å². The number of carboxylic acid groups (broad SMARTS) is 1. The first-order valence-corrected chi connectivity index (χ1v) is 6.93. The molecule has 1 unspecified atom stereocenters. The lowest BCUT2D eigenvalue weighted by atomic mass is 10.1. The normalized spacial score (nSPS) is 13.3. The minimum atomic E-state index is -4.71. The highest BCUT2D eigenvalue weighted by Crippen LogP contribution is 2.26. The maximum Gasteiger partial charge on any atom is 0.573 e. The number of rotatable bonds is 6. The lowest BCUT2D eigenvalue weighted by Crippen LogP contribution is -2.22. The standard InChI is InChI=1S/C13H15F3O3S/c1-8(2)11(12(17)18)20-7-9-3-5-10(6-4-9)19-13(14,15)16/h3-6,8,11H,7H2,1-2H3,(H,17,18). The summed E-state index contributed by atoms with van der Waals surface area (Å²) in [6.45, 7) is 3.62. The third-order valence-corrected chi connectivity index (χ3v) is 4.04. The molecule has 0 aliphatic heterocycles. The van der Waals surface area contributed by atoms with E-state index in [9.17, 15) is 18.0 Å². The van der Waals surface area contributed by atoms with E-state index in [-0.39, 0.29) is 11.7 Å². The summed E-state index contributed by atoms with van der Waals surface area (Å²) in [4.78, 5) is 11.0. The van der Waals surface area contributed by atoms with E-state index in [4.69, 9.17) is 5.11 Å². The van der Waals surface area contributed by atoms with Gasteiger partial charge >= 0.3 is 12.3 Å². The van der Waals surface area contributed by atoms with Crippen LogP contribution >= 0.6 is 11.8 Å². The molecule has 7 heteroatoms. The largest absolute Gasteiger partial charge is 0.573 e. The predicted octanol–water partition coefficient (Wildman–Crippen LogP) is 3.93. The molecule has 112 valence electrons. The van der Waals surface area contributed by atoms with Gasteiger partial charge in [-0.05, 0) is 23.6 Å². The molecule has 20 heavy (non-hydrogen) atoms. The van der Waals surface area contributed by atoms with Crippen LogP contribution in [0, 0.1) is 5.92 Å². The maximum atomic E-state index is 12.0. The van der Waals surface area contributed by atoms with E-state index in [0.29, 0.717) is 5.75 Å². The Morgan fingerprint density at radius 3 is 2.25 bits per heavy atom. The van der Waals surface area contributed by atoms with Gasteiger partial charge in [-0.2, -0.15) is 0 Å². The van der Waals surface area contributed by atoms with E-state index in [1.807, 2.05) is 13.8 Å². The number of carbonyl (C=O) groups is 1. The molecule has 0 amide bonds. The smallest absolute Gasteiger partial charge is 0.480 e. The van der Waals surface area contributed by atoms with E-state index >= 15 is 0 Å². The van der Waals surface area contributed by atoms with Crippen LogP contribution in [0.4, 0.5) is 13.2 Å². The van der Waals surface area contributed by atoms with Gasteiger partial charge in [0.1, 0.15) is 11.0 Å². The van der Waals surface area contributed by atoms with Gasteiger partial charge < -0.3 is 9.84 Å². The van der Waals surface area contributed by atoms with Gasteiger partial charge in [-0.15, -0.1) is 24.9 Å². The van der Waals surface area contributed by atoms with Crippen molar-refractivity contribution in [3.63, 3.8) is 0 Å². The number of hydrogen-bond acceptors (Lipinski definition) is 3. The van der Waals surface area contributed by atoms with Gasteiger partial charge in [0.05, 0.1) is 0 Å². The highest BCUT2D eigenvalue weighted by molar-refractivity contribution is 7.99. The molecule has 0 heterocycles. The maximum absolute atomic E-state index is 12.0. The van der Waals surface area contributed by atoms with Crippen molar-refractivity contribution in [1.29, 1.82) is 0 Å².